The van der Waals surface area contributed by atoms with Crippen LogP contribution in [0.5, 0.6) is 11.5 Å². The third kappa shape index (κ3) is 5.33. The van der Waals surface area contributed by atoms with Gasteiger partial charge in [-0.25, -0.2) is 9.36 Å². The number of para-hydroxylation sites is 2. The molecular weight excluding hydrogens is 551 g/mol. The Balaban J connectivity index is 1.56. The summed E-state index contributed by atoms with van der Waals surface area (Å²) >= 11 is 0. The van der Waals surface area contributed by atoms with E-state index in [1.807, 2.05) is 0 Å². The fourth-order valence-corrected chi connectivity index (χ4v) is 7.33. The standard InChI is InChI=1S/C29H27N2O9P/c1-18-25-24(19(2)32)28(33)30(25)26(29(34)38-17-20-13-15-21(16-14-20)31(35)36)27(18)41(37,39-22-9-5-3-6-10-22)40-23-11-7-4-8-12-23/h3-16,18-19,24-25,32H,17H2,1-2H3/t18-,19-,24-,25+/m1/s1. The van der Waals surface area contributed by atoms with Gasteiger partial charge in [-0.2, -0.15) is 0 Å². The van der Waals surface area contributed by atoms with E-state index in [1.165, 1.54) is 36.1 Å². The molecule has 3 aromatic carbocycles. The molecule has 0 spiro atoms. The second-order valence-corrected chi connectivity index (χ2v) is 11.6. The van der Waals surface area contributed by atoms with Crippen LogP contribution < -0.4 is 9.05 Å². The quantitative estimate of drug-likeness (QED) is 0.115. The molecule has 12 heteroatoms. The van der Waals surface area contributed by atoms with Gasteiger partial charge in [0, 0.05) is 18.1 Å². The van der Waals surface area contributed by atoms with Crippen LogP contribution in [0.1, 0.15) is 19.4 Å². The summed E-state index contributed by atoms with van der Waals surface area (Å²) in [5, 5.41) is 21.3. The van der Waals surface area contributed by atoms with Crippen LogP contribution in [-0.4, -0.2) is 39.0 Å². The Morgan fingerprint density at radius 2 is 1.54 bits per heavy atom. The fraction of sp³-hybridized carbons (Fsp3) is 0.241. The average Bonchev–Trinajstić information content (AvgIpc) is 3.21. The Hall–Kier alpha value is -4.47. The monoisotopic (exact) mass is 578 g/mol. The molecule has 0 aromatic heterocycles. The van der Waals surface area contributed by atoms with Crippen molar-refractivity contribution in [2.24, 2.45) is 11.8 Å². The lowest BCUT2D eigenvalue weighted by molar-refractivity contribution is -0.384. The van der Waals surface area contributed by atoms with E-state index in [0.717, 1.165) is 0 Å². The minimum Gasteiger partial charge on any atom is -0.456 e. The van der Waals surface area contributed by atoms with E-state index in [9.17, 15) is 29.4 Å². The molecule has 0 unspecified atom stereocenters. The topological polar surface area (TPSA) is 146 Å². The van der Waals surface area contributed by atoms with Crippen molar-refractivity contribution in [2.75, 3.05) is 0 Å². The van der Waals surface area contributed by atoms with E-state index in [1.54, 1.807) is 67.6 Å². The number of hydrogen-bond acceptors (Lipinski definition) is 9. The number of nitro benzene ring substituents is 1. The number of β-lactam (4-membered cyclic amide) rings is 1. The van der Waals surface area contributed by atoms with Gasteiger partial charge in [0.2, 0.25) is 5.91 Å². The maximum Gasteiger partial charge on any atom is 0.461 e. The number of fused-ring (bicyclic) bond motifs is 1. The molecule has 1 saturated heterocycles. The minimum atomic E-state index is -4.38. The molecule has 4 atom stereocenters. The van der Waals surface area contributed by atoms with Gasteiger partial charge in [-0.1, -0.05) is 43.3 Å². The van der Waals surface area contributed by atoms with E-state index in [0.29, 0.717) is 5.56 Å². The molecule has 5 rings (SSSR count). The SMILES string of the molecule is C[C@@H](O)[C@H]1C(=O)N2C(C(=O)OCc3ccc([N+](=O)[O-])cc3)=C(P(=O)(Oc3ccccc3)Oc3ccccc3)[C@H](C)[C@@H]12. The van der Waals surface area contributed by atoms with Crippen molar-refractivity contribution in [1.82, 2.24) is 4.90 Å². The van der Waals surface area contributed by atoms with Crippen LogP contribution in [0.4, 0.5) is 5.69 Å². The molecule has 41 heavy (non-hydrogen) atoms. The van der Waals surface area contributed by atoms with Gasteiger partial charge in [0.05, 0.1) is 23.0 Å². The number of hydrogen-bond donors (Lipinski definition) is 1. The zero-order valence-electron chi connectivity index (χ0n) is 22.2. The predicted octanol–water partition coefficient (Wildman–Crippen LogP) is 5.06. The van der Waals surface area contributed by atoms with Crippen LogP contribution in [0.3, 0.4) is 0 Å². The number of carbonyl (C=O) groups excluding carboxylic acids is 2. The predicted molar refractivity (Wildman–Crippen MR) is 147 cm³/mol. The molecule has 0 aliphatic carbocycles. The molecule has 212 valence electrons. The molecule has 0 radical (unpaired) electrons. The van der Waals surface area contributed by atoms with Crippen LogP contribution in [0, 0.1) is 22.0 Å². The van der Waals surface area contributed by atoms with E-state index < -0.39 is 48.4 Å². The zero-order chi connectivity index (χ0) is 29.3. The lowest BCUT2D eigenvalue weighted by Gasteiger charge is -2.46. The number of ether oxygens (including phenoxy) is 1. The summed E-state index contributed by atoms with van der Waals surface area (Å²) in [4.78, 5) is 38.5. The molecule has 2 aliphatic rings. The first-order chi connectivity index (χ1) is 19.6. The average molecular weight is 579 g/mol. The number of carbonyl (C=O) groups is 2. The maximum atomic E-state index is 14.8. The molecule has 1 N–H and O–H groups in total. The molecule has 2 aliphatic heterocycles. The largest absolute Gasteiger partial charge is 0.461 e. The first-order valence-electron chi connectivity index (χ1n) is 12.9. The lowest BCUT2D eigenvalue weighted by atomic mass is 9.79. The number of aliphatic hydroxyl groups excluding tert-OH is 1. The van der Waals surface area contributed by atoms with Crippen LogP contribution in [0.25, 0.3) is 0 Å². The minimum absolute atomic E-state index is 0.0413. The summed E-state index contributed by atoms with van der Waals surface area (Å²) < 4.78 is 32.3. The molecule has 2 heterocycles. The van der Waals surface area contributed by atoms with Crippen LogP contribution in [0.2, 0.25) is 0 Å². The van der Waals surface area contributed by atoms with Gasteiger partial charge in [-0.3, -0.25) is 14.9 Å². The normalized spacial score (nSPS) is 20.6. The summed E-state index contributed by atoms with van der Waals surface area (Å²) in [7, 11) is -4.38. The van der Waals surface area contributed by atoms with Crippen LogP contribution in [0.15, 0.2) is 95.9 Å². The molecule has 1 fully saturated rings. The fourth-order valence-electron chi connectivity index (χ4n) is 5.19. The number of amides is 1. The highest BCUT2D eigenvalue weighted by molar-refractivity contribution is 7.59. The number of esters is 1. The lowest BCUT2D eigenvalue weighted by Crippen LogP contribution is -2.63. The number of aliphatic hydroxyl groups is 1. The van der Waals surface area contributed by atoms with E-state index in [2.05, 4.69) is 0 Å². The summed E-state index contributed by atoms with van der Waals surface area (Å²) in [6.45, 7) is 2.91. The Labute approximate surface area is 235 Å². The summed E-state index contributed by atoms with van der Waals surface area (Å²) in [5.74, 6) is -2.55. The van der Waals surface area contributed by atoms with Gasteiger partial charge in [0.1, 0.15) is 29.1 Å². The second-order valence-electron chi connectivity index (χ2n) is 9.79. The zero-order valence-corrected chi connectivity index (χ0v) is 23.0. The second kappa shape index (κ2) is 11.2. The summed E-state index contributed by atoms with van der Waals surface area (Å²) in [6, 6.07) is 21.4. The van der Waals surface area contributed by atoms with E-state index >= 15 is 0 Å². The van der Waals surface area contributed by atoms with E-state index in [4.69, 9.17) is 13.8 Å². The molecule has 3 aromatic rings. The van der Waals surface area contributed by atoms with Crippen LogP contribution >= 0.6 is 7.60 Å². The highest BCUT2D eigenvalue weighted by atomic mass is 31.2. The van der Waals surface area contributed by atoms with Crippen molar-refractivity contribution in [3.63, 3.8) is 0 Å². The number of rotatable bonds is 10. The van der Waals surface area contributed by atoms with Crippen LogP contribution in [-0.2, 0) is 25.5 Å². The van der Waals surface area contributed by atoms with Gasteiger partial charge < -0.3 is 23.8 Å². The number of benzene rings is 3. The molecule has 11 nitrogen and oxygen atoms in total. The molecule has 0 bridgehead atoms. The molecular formula is C29H27N2O9P. The molecule has 1 amide bonds. The maximum absolute atomic E-state index is 14.8. The highest BCUT2D eigenvalue weighted by Gasteiger charge is 2.64. The number of nitrogens with zero attached hydrogens (tertiary/aromatic N) is 2. The highest BCUT2D eigenvalue weighted by Crippen LogP contribution is 2.65. The smallest absolute Gasteiger partial charge is 0.456 e. The Bertz CT molecular complexity index is 1500. The van der Waals surface area contributed by atoms with Gasteiger partial charge in [0.25, 0.3) is 5.69 Å². The third-order valence-corrected chi connectivity index (χ3v) is 9.19. The van der Waals surface area contributed by atoms with Gasteiger partial charge in [0.15, 0.2) is 0 Å². The Morgan fingerprint density at radius 3 is 2.02 bits per heavy atom. The summed E-state index contributed by atoms with van der Waals surface area (Å²) in [5.41, 5.74) is 0.0844. The van der Waals surface area contributed by atoms with Crippen molar-refractivity contribution in [3.05, 3.63) is 112 Å². The van der Waals surface area contributed by atoms with E-state index in [-0.39, 0.29) is 34.8 Å². The third-order valence-electron chi connectivity index (χ3n) is 7.08. The van der Waals surface area contributed by atoms with Gasteiger partial charge in [-0.15, -0.1) is 0 Å². The molecule has 0 saturated carbocycles. The van der Waals surface area contributed by atoms with Crippen molar-refractivity contribution in [2.45, 2.75) is 32.6 Å². The first-order valence-corrected chi connectivity index (χ1v) is 14.4. The van der Waals surface area contributed by atoms with Crippen molar-refractivity contribution < 1.29 is 38.0 Å². The van der Waals surface area contributed by atoms with Gasteiger partial charge in [-0.05, 0) is 48.9 Å². The van der Waals surface area contributed by atoms with Crippen molar-refractivity contribution in [3.8, 4) is 11.5 Å². The number of non-ortho nitro benzene ring substituents is 1. The Morgan fingerprint density at radius 1 is 1.00 bits per heavy atom. The van der Waals surface area contributed by atoms with Gasteiger partial charge >= 0.3 is 13.6 Å². The summed E-state index contributed by atoms with van der Waals surface area (Å²) in [6.07, 6.45) is -1.02. The number of nitro groups is 1. The van der Waals surface area contributed by atoms with Crippen molar-refractivity contribution >= 4 is 25.2 Å². The van der Waals surface area contributed by atoms with Crippen molar-refractivity contribution in [1.29, 1.82) is 0 Å². The first kappa shape index (κ1) is 28.1. The Kier molecular flexibility index (Phi) is 7.66.